The molecular formula is C31H35N3O2S2. The second-order valence-corrected chi connectivity index (χ2v) is 13.7. The summed E-state index contributed by atoms with van der Waals surface area (Å²) in [6.07, 6.45) is 0.838. The normalized spacial score (nSPS) is 19.1. The van der Waals surface area contributed by atoms with Crippen LogP contribution in [-0.4, -0.2) is 34.8 Å². The molecule has 2 atom stereocenters. The third-order valence-electron chi connectivity index (χ3n) is 6.62. The Kier molecular flexibility index (Phi) is 7.63. The van der Waals surface area contributed by atoms with Crippen LogP contribution in [0, 0.1) is 17.2 Å². The second kappa shape index (κ2) is 10.8. The maximum Gasteiger partial charge on any atom is 0.412 e. The third kappa shape index (κ3) is 6.28. The molecule has 1 heterocycles. The number of benzene rings is 3. The first-order valence-electron chi connectivity index (χ1n) is 13.1. The van der Waals surface area contributed by atoms with Crippen molar-refractivity contribution in [3.05, 3.63) is 71.8 Å². The summed E-state index contributed by atoms with van der Waals surface area (Å²) in [5.41, 5.74) is 5.02. The molecule has 2 N–H and O–H groups in total. The van der Waals surface area contributed by atoms with Crippen LogP contribution in [0.25, 0.3) is 11.1 Å². The van der Waals surface area contributed by atoms with Crippen LogP contribution in [0.1, 0.15) is 52.2 Å². The molecule has 5 nitrogen and oxygen atoms in total. The molecule has 1 aliphatic heterocycles. The van der Waals surface area contributed by atoms with Gasteiger partial charge in [-0.1, -0.05) is 37.7 Å². The lowest BCUT2D eigenvalue weighted by Gasteiger charge is -2.33. The van der Waals surface area contributed by atoms with E-state index >= 15 is 0 Å². The molecule has 5 rings (SSSR count). The number of piperidine rings is 1. The maximum atomic E-state index is 12.0. The minimum Gasteiger partial charge on any atom is -0.444 e. The Morgan fingerprint density at radius 2 is 1.42 bits per heavy atom. The predicted octanol–water partition coefficient (Wildman–Crippen LogP) is 8.57. The molecule has 1 fully saturated rings. The van der Waals surface area contributed by atoms with E-state index in [1.165, 1.54) is 11.3 Å². The Morgan fingerprint density at radius 3 is 2.03 bits per heavy atom. The summed E-state index contributed by atoms with van der Waals surface area (Å²) < 4.78 is 7.80. The summed E-state index contributed by atoms with van der Waals surface area (Å²) in [7, 11) is 0. The van der Waals surface area contributed by atoms with Gasteiger partial charge in [-0.25, -0.2) is 9.10 Å². The van der Waals surface area contributed by atoms with Crippen LogP contribution in [0.3, 0.4) is 0 Å². The van der Waals surface area contributed by atoms with Gasteiger partial charge in [0.05, 0.1) is 5.71 Å². The van der Waals surface area contributed by atoms with Gasteiger partial charge in [0.2, 0.25) is 0 Å². The maximum absolute atomic E-state index is 12.0. The van der Waals surface area contributed by atoms with Gasteiger partial charge in [0.1, 0.15) is 5.60 Å². The number of carbonyl (C=O) groups excluding carboxylic acids is 1. The van der Waals surface area contributed by atoms with Crippen LogP contribution in [0.15, 0.2) is 75.4 Å². The molecule has 3 aromatic rings. The Labute approximate surface area is 234 Å². The number of ether oxygens (including phenoxy) is 1. The van der Waals surface area contributed by atoms with Crippen molar-refractivity contribution in [1.82, 2.24) is 4.31 Å². The number of hydrogen-bond acceptors (Lipinski definition) is 6. The van der Waals surface area contributed by atoms with E-state index in [4.69, 9.17) is 10.1 Å². The number of nitrogens with one attached hydrogen (secondary N) is 2. The molecule has 7 heteroatoms. The molecule has 0 bridgehead atoms. The summed E-state index contributed by atoms with van der Waals surface area (Å²) in [5, 5.41) is 11.7. The average Bonchev–Trinajstić information content (AvgIpc) is 3.09. The van der Waals surface area contributed by atoms with E-state index in [0.29, 0.717) is 11.4 Å². The molecule has 0 unspecified atom stereocenters. The van der Waals surface area contributed by atoms with Gasteiger partial charge < -0.3 is 4.74 Å². The molecule has 0 spiro atoms. The number of hydrogen-bond donors (Lipinski definition) is 2. The summed E-state index contributed by atoms with van der Waals surface area (Å²) in [6, 6.07) is 20.7. The van der Waals surface area contributed by atoms with Crippen molar-refractivity contribution >= 4 is 41.2 Å². The Bertz CT molecular complexity index is 1350. The van der Waals surface area contributed by atoms with Crippen LogP contribution in [0.4, 0.5) is 10.5 Å². The molecular weight excluding hydrogens is 510 g/mol. The second-order valence-electron chi connectivity index (χ2n) is 11.4. The fourth-order valence-corrected chi connectivity index (χ4v) is 7.30. The molecule has 2 aliphatic rings. The first-order chi connectivity index (χ1) is 18.0. The van der Waals surface area contributed by atoms with Crippen molar-refractivity contribution in [3.8, 4) is 11.1 Å². The van der Waals surface area contributed by atoms with E-state index in [1.807, 2.05) is 57.0 Å². The van der Waals surface area contributed by atoms with E-state index in [9.17, 15) is 4.79 Å². The van der Waals surface area contributed by atoms with Crippen molar-refractivity contribution in [1.29, 1.82) is 5.41 Å². The van der Waals surface area contributed by atoms with E-state index < -0.39 is 11.7 Å². The van der Waals surface area contributed by atoms with Crippen LogP contribution in [0.2, 0.25) is 0 Å². The average molecular weight is 546 g/mol. The number of carbonyl (C=O) groups is 1. The molecule has 1 aliphatic carbocycles. The molecule has 198 valence electrons. The number of rotatable bonds is 5. The van der Waals surface area contributed by atoms with E-state index in [-0.39, 0.29) is 0 Å². The smallest absolute Gasteiger partial charge is 0.412 e. The van der Waals surface area contributed by atoms with Gasteiger partial charge in [0, 0.05) is 44.6 Å². The zero-order chi connectivity index (χ0) is 27.0. The number of amides is 1. The molecule has 0 radical (unpaired) electrons. The first-order valence-corrected chi connectivity index (χ1v) is 14.7. The van der Waals surface area contributed by atoms with E-state index in [1.54, 1.807) is 11.8 Å². The quantitative estimate of drug-likeness (QED) is 0.246. The zero-order valence-corrected chi connectivity index (χ0v) is 24.3. The van der Waals surface area contributed by atoms with Crippen LogP contribution in [0.5, 0.6) is 0 Å². The standard InChI is InChI=1S/C31H35N3O2S2/c1-19-14-20(2)18-34(17-19)38-24-11-13-26-25-12-10-23(15-27(25)29(32)28(26)16-24)37-22-8-6-21(7-9-22)33-30(35)36-31(3,4)5/h6-13,15-16,19-20,32H,14,17-18H2,1-5H3,(H,33,35)/t19-,20+. The van der Waals surface area contributed by atoms with E-state index in [0.717, 1.165) is 57.0 Å². The van der Waals surface area contributed by atoms with Gasteiger partial charge in [-0.3, -0.25) is 10.7 Å². The molecule has 3 aromatic carbocycles. The summed E-state index contributed by atoms with van der Waals surface area (Å²) in [4.78, 5) is 15.4. The zero-order valence-electron chi connectivity index (χ0n) is 22.6. The summed E-state index contributed by atoms with van der Waals surface area (Å²) >= 11 is 3.48. The lowest BCUT2D eigenvalue weighted by Crippen LogP contribution is -2.33. The highest BCUT2D eigenvalue weighted by molar-refractivity contribution is 7.99. The highest BCUT2D eigenvalue weighted by Crippen LogP contribution is 2.42. The van der Waals surface area contributed by atoms with Gasteiger partial charge in [-0.2, -0.15) is 0 Å². The largest absolute Gasteiger partial charge is 0.444 e. The number of fused-ring (bicyclic) bond motifs is 3. The monoisotopic (exact) mass is 545 g/mol. The Balaban J connectivity index is 1.26. The Hall–Kier alpha value is -2.74. The van der Waals surface area contributed by atoms with Crippen LogP contribution in [-0.2, 0) is 4.74 Å². The number of nitrogens with zero attached hydrogens (tertiary/aromatic N) is 1. The molecule has 1 amide bonds. The molecule has 0 aromatic heterocycles. The fourth-order valence-electron chi connectivity index (χ4n) is 5.19. The van der Waals surface area contributed by atoms with Gasteiger partial charge in [-0.05, 0) is 111 Å². The summed E-state index contributed by atoms with van der Waals surface area (Å²) in [6.45, 7) is 12.4. The molecule has 38 heavy (non-hydrogen) atoms. The van der Waals surface area contributed by atoms with Crippen molar-refractivity contribution in [2.24, 2.45) is 11.8 Å². The van der Waals surface area contributed by atoms with Crippen molar-refractivity contribution in [2.75, 3.05) is 18.4 Å². The van der Waals surface area contributed by atoms with Gasteiger partial charge in [-0.15, -0.1) is 0 Å². The highest BCUT2D eigenvalue weighted by atomic mass is 32.2. The fraction of sp³-hybridized carbons (Fsp3) is 0.355. The third-order valence-corrected chi connectivity index (χ3v) is 8.63. The highest BCUT2D eigenvalue weighted by Gasteiger charge is 2.26. The minimum absolute atomic E-state index is 0.462. The molecule has 1 saturated heterocycles. The van der Waals surface area contributed by atoms with Crippen molar-refractivity contribution in [3.63, 3.8) is 0 Å². The SMILES string of the molecule is C[C@@H]1C[C@H](C)CN(Sc2ccc3c(c2)C(=N)c2cc(Sc4ccc(NC(=O)OC(C)(C)C)cc4)ccc2-3)C1. The van der Waals surface area contributed by atoms with Crippen LogP contribution < -0.4 is 5.32 Å². The summed E-state index contributed by atoms with van der Waals surface area (Å²) in [5.74, 6) is 1.44. The van der Waals surface area contributed by atoms with Gasteiger partial charge >= 0.3 is 6.09 Å². The minimum atomic E-state index is -0.536. The van der Waals surface area contributed by atoms with E-state index in [2.05, 4.69) is 59.9 Å². The first kappa shape index (κ1) is 26.9. The van der Waals surface area contributed by atoms with Gasteiger partial charge in [0.15, 0.2) is 0 Å². The van der Waals surface area contributed by atoms with Crippen LogP contribution >= 0.6 is 23.7 Å². The number of anilines is 1. The topological polar surface area (TPSA) is 65.4 Å². The Morgan fingerprint density at radius 1 is 0.868 bits per heavy atom. The van der Waals surface area contributed by atoms with Gasteiger partial charge in [0.25, 0.3) is 0 Å². The van der Waals surface area contributed by atoms with Crippen molar-refractivity contribution < 1.29 is 9.53 Å². The van der Waals surface area contributed by atoms with Crippen molar-refractivity contribution in [2.45, 2.75) is 61.3 Å². The lowest BCUT2D eigenvalue weighted by atomic mass is 9.94. The molecule has 0 saturated carbocycles. The lowest BCUT2D eigenvalue weighted by molar-refractivity contribution is 0.0636. The predicted molar refractivity (Wildman–Crippen MR) is 159 cm³/mol.